The number of methoxy groups -OCH3 is 1. The SMILES string of the molecule is COC(=O)c1ccnc2ccc(N3CCC[C@H]3C(F)(F)F)cc12. The van der Waals surface area contributed by atoms with Crippen molar-refractivity contribution in [3.05, 3.63) is 36.0 Å². The van der Waals surface area contributed by atoms with Crippen molar-refractivity contribution in [2.24, 2.45) is 0 Å². The number of nitrogens with zero attached hydrogens (tertiary/aromatic N) is 2. The van der Waals surface area contributed by atoms with Crippen LogP contribution >= 0.6 is 0 Å². The molecule has 0 amide bonds. The number of halogens is 3. The topological polar surface area (TPSA) is 42.4 Å². The fourth-order valence-electron chi connectivity index (χ4n) is 3.02. The van der Waals surface area contributed by atoms with Gasteiger partial charge >= 0.3 is 12.1 Å². The van der Waals surface area contributed by atoms with Crippen molar-refractivity contribution >= 4 is 22.6 Å². The molecule has 2 heterocycles. The lowest BCUT2D eigenvalue weighted by Gasteiger charge is -2.28. The van der Waals surface area contributed by atoms with Gasteiger partial charge in [0.1, 0.15) is 6.04 Å². The van der Waals surface area contributed by atoms with E-state index in [-0.39, 0.29) is 6.42 Å². The maximum atomic E-state index is 13.1. The maximum absolute atomic E-state index is 13.1. The number of benzene rings is 1. The quantitative estimate of drug-likeness (QED) is 0.792. The number of hydrogen-bond acceptors (Lipinski definition) is 4. The Hall–Kier alpha value is -2.31. The molecule has 7 heteroatoms. The molecule has 3 rings (SSSR count). The van der Waals surface area contributed by atoms with Gasteiger partial charge < -0.3 is 9.64 Å². The van der Waals surface area contributed by atoms with Crippen LogP contribution in [0.15, 0.2) is 30.5 Å². The lowest BCUT2D eigenvalue weighted by molar-refractivity contribution is -0.145. The molecule has 0 saturated carbocycles. The lowest BCUT2D eigenvalue weighted by atomic mass is 10.1. The second-order valence-corrected chi connectivity index (χ2v) is 5.44. The van der Waals surface area contributed by atoms with Crippen LogP contribution in [0.25, 0.3) is 10.9 Å². The number of pyridine rings is 1. The Kier molecular flexibility index (Phi) is 3.87. The third-order valence-electron chi connectivity index (χ3n) is 4.09. The molecular weight excluding hydrogens is 309 g/mol. The zero-order chi connectivity index (χ0) is 16.6. The van der Waals surface area contributed by atoms with Crippen LogP contribution in [0.2, 0.25) is 0 Å². The Morgan fingerprint density at radius 2 is 2.13 bits per heavy atom. The number of aromatic nitrogens is 1. The molecule has 1 saturated heterocycles. The number of anilines is 1. The number of rotatable bonds is 2. The minimum absolute atomic E-state index is 0.0818. The highest BCUT2D eigenvalue weighted by molar-refractivity contribution is 6.04. The van der Waals surface area contributed by atoms with Gasteiger partial charge in [-0.2, -0.15) is 13.2 Å². The second kappa shape index (κ2) is 5.72. The first-order valence-electron chi connectivity index (χ1n) is 7.22. The normalized spacial score (nSPS) is 18.4. The van der Waals surface area contributed by atoms with Gasteiger partial charge in [0.2, 0.25) is 0 Å². The van der Waals surface area contributed by atoms with E-state index in [0.29, 0.717) is 35.1 Å². The number of carbonyl (C=O) groups excluding carboxylic acids is 1. The predicted octanol–water partition coefficient (Wildman–Crippen LogP) is 3.55. The molecule has 23 heavy (non-hydrogen) atoms. The minimum atomic E-state index is -4.27. The fourth-order valence-corrected chi connectivity index (χ4v) is 3.02. The van der Waals surface area contributed by atoms with Gasteiger partial charge in [-0.1, -0.05) is 0 Å². The molecule has 1 aromatic heterocycles. The molecule has 4 nitrogen and oxygen atoms in total. The van der Waals surface area contributed by atoms with Crippen LogP contribution < -0.4 is 4.90 Å². The summed E-state index contributed by atoms with van der Waals surface area (Å²) >= 11 is 0. The molecule has 0 aliphatic carbocycles. The monoisotopic (exact) mass is 324 g/mol. The minimum Gasteiger partial charge on any atom is -0.465 e. The molecule has 1 aliphatic heterocycles. The number of hydrogen-bond donors (Lipinski definition) is 0. The molecular formula is C16H15F3N2O2. The van der Waals surface area contributed by atoms with E-state index in [2.05, 4.69) is 4.98 Å². The number of carbonyl (C=O) groups is 1. The highest BCUT2D eigenvalue weighted by Crippen LogP contribution is 2.37. The van der Waals surface area contributed by atoms with Crippen molar-refractivity contribution in [2.75, 3.05) is 18.6 Å². The molecule has 1 fully saturated rings. The third-order valence-corrected chi connectivity index (χ3v) is 4.09. The van der Waals surface area contributed by atoms with E-state index in [9.17, 15) is 18.0 Å². The van der Waals surface area contributed by atoms with Crippen molar-refractivity contribution < 1.29 is 22.7 Å². The van der Waals surface area contributed by atoms with Crippen LogP contribution in [0.5, 0.6) is 0 Å². The number of esters is 1. The average molecular weight is 324 g/mol. The van der Waals surface area contributed by atoms with E-state index in [1.165, 1.54) is 24.3 Å². The smallest absolute Gasteiger partial charge is 0.408 e. The molecule has 122 valence electrons. The Balaban J connectivity index is 2.07. The Morgan fingerprint density at radius 3 is 2.83 bits per heavy atom. The van der Waals surface area contributed by atoms with E-state index in [1.54, 1.807) is 18.2 Å². The molecule has 0 spiro atoms. The molecule has 0 N–H and O–H groups in total. The van der Waals surface area contributed by atoms with Crippen LogP contribution in [0.3, 0.4) is 0 Å². The molecule has 1 atom stereocenters. The molecule has 0 radical (unpaired) electrons. The first kappa shape index (κ1) is 15.6. The Morgan fingerprint density at radius 1 is 1.35 bits per heavy atom. The lowest BCUT2D eigenvalue weighted by Crippen LogP contribution is -2.41. The highest BCUT2D eigenvalue weighted by atomic mass is 19.4. The summed E-state index contributed by atoms with van der Waals surface area (Å²) in [6.07, 6.45) is -2.23. The first-order valence-corrected chi connectivity index (χ1v) is 7.22. The van der Waals surface area contributed by atoms with Gasteiger partial charge in [-0.05, 0) is 37.1 Å². The van der Waals surface area contributed by atoms with Crippen molar-refractivity contribution in [3.63, 3.8) is 0 Å². The average Bonchev–Trinajstić information content (AvgIpc) is 3.03. The van der Waals surface area contributed by atoms with Gasteiger partial charge in [0.05, 0.1) is 18.2 Å². The van der Waals surface area contributed by atoms with E-state index < -0.39 is 18.2 Å². The zero-order valence-corrected chi connectivity index (χ0v) is 12.4. The summed E-state index contributed by atoms with van der Waals surface area (Å²) in [4.78, 5) is 17.3. The summed E-state index contributed by atoms with van der Waals surface area (Å²) in [7, 11) is 1.26. The maximum Gasteiger partial charge on any atom is 0.408 e. The van der Waals surface area contributed by atoms with Gasteiger partial charge in [-0.15, -0.1) is 0 Å². The first-order chi connectivity index (χ1) is 10.9. The van der Waals surface area contributed by atoms with Crippen molar-refractivity contribution in [2.45, 2.75) is 25.1 Å². The largest absolute Gasteiger partial charge is 0.465 e. The third kappa shape index (κ3) is 2.83. The van der Waals surface area contributed by atoms with Gasteiger partial charge in [0.25, 0.3) is 0 Å². The molecule has 0 unspecified atom stereocenters. The molecule has 1 aliphatic rings. The van der Waals surface area contributed by atoms with Crippen molar-refractivity contribution in [1.29, 1.82) is 0 Å². The van der Waals surface area contributed by atoms with Gasteiger partial charge in [0, 0.05) is 23.8 Å². The van der Waals surface area contributed by atoms with Crippen LogP contribution in [0.1, 0.15) is 23.2 Å². The second-order valence-electron chi connectivity index (χ2n) is 5.44. The summed E-state index contributed by atoms with van der Waals surface area (Å²) in [5.41, 5.74) is 1.27. The number of alkyl halides is 3. The summed E-state index contributed by atoms with van der Waals surface area (Å²) in [6.45, 7) is 0.337. The highest BCUT2D eigenvalue weighted by Gasteiger charge is 2.46. The van der Waals surface area contributed by atoms with Crippen LogP contribution in [-0.2, 0) is 4.74 Å². The summed E-state index contributed by atoms with van der Waals surface area (Å²) < 4.78 is 44.2. The Labute approximate surface area is 130 Å². The van der Waals surface area contributed by atoms with Crippen LogP contribution in [0.4, 0.5) is 18.9 Å². The summed E-state index contributed by atoms with van der Waals surface area (Å²) in [6, 6.07) is 4.84. The molecule has 0 bridgehead atoms. The van der Waals surface area contributed by atoms with Crippen molar-refractivity contribution in [3.8, 4) is 0 Å². The number of fused-ring (bicyclic) bond motifs is 1. The van der Waals surface area contributed by atoms with Gasteiger partial charge in [0.15, 0.2) is 0 Å². The van der Waals surface area contributed by atoms with E-state index in [1.807, 2.05) is 0 Å². The van der Waals surface area contributed by atoms with Crippen molar-refractivity contribution in [1.82, 2.24) is 4.98 Å². The van der Waals surface area contributed by atoms with Gasteiger partial charge in [-0.25, -0.2) is 4.79 Å². The summed E-state index contributed by atoms with van der Waals surface area (Å²) in [5, 5.41) is 0.490. The zero-order valence-electron chi connectivity index (χ0n) is 12.4. The number of ether oxygens (including phenoxy) is 1. The van der Waals surface area contributed by atoms with E-state index >= 15 is 0 Å². The Bertz CT molecular complexity index is 746. The van der Waals surface area contributed by atoms with Crippen LogP contribution in [-0.4, -0.2) is 36.8 Å². The van der Waals surface area contributed by atoms with Gasteiger partial charge in [-0.3, -0.25) is 4.98 Å². The van der Waals surface area contributed by atoms with E-state index in [4.69, 9.17) is 4.74 Å². The molecule has 1 aromatic carbocycles. The molecule has 2 aromatic rings. The predicted molar refractivity (Wildman–Crippen MR) is 79.5 cm³/mol. The fraction of sp³-hybridized carbons (Fsp3) is 0.375. The van der Waals surface area contributed by atoms with Crippen LogP contribution in [0, 0.1) is 0 Å². The standard InChI is InChI=1S/C16H15F3N2O2/c1-23-15(22)11-6-7-20-13-5-4-10(9-12(11)13)21-8-2-3-14(21)16(17,18)19/h4-7,9,14H,2-3,8H2,1H3/t14-/m0/s1. The van der Waals surface area contributed by atoms with E-state index in [0.717, 1.165) is 0 Å². The summed E-state index contributed by atoms with van der Waals surface area (Å²) in [5.74, 6) is -0.539.